The first kappa shape index (κ1) is 12.2. The Morgan fingerprint density at radius 2 is 2.07 bits per heavy atom. The lowest BCUT2D eigenvalue weighted by molar-refractivity contribution is 1.34. The maximum atomic E-state index is 8.55. The van der Waals surface area contributed by atoms with Crippen LogP contribution in [0.3, 0.4) is 0 Å². The molecule has 1 aromatic heterocycles. The lowest BCUT2D eigenvalue weighted by Crippen LogP contribution is -1.73. The van der Waals surface area contributed by atoms with E-state index >= 15 is 0 Å². The molecular weight excluding hydrogens is 174 g/mol. The third-order valence-corrected chi connectivity index (χ3v) is 1.55. The average Bonchev–Trinajstić information content (AvgIpc) is 2.67. The van der Waals surface area contributed by atoms with Gasteiger partial charge < -0.3 is 4.98 Å². The van der Waals surface area contributed by atoms with Crippen LogP contribution in [0.2, 0.25) is 0 Å². The Morgan fingerprint density at radius 3 is 2.71 bits per heavy atom. The quantitative estimate of drug-likeness (QED) is 0.692. The van der Waals surface area contributed by atoms with E-state index in [0.717, 1.165) is 11.0 Å². The number of nitrogens with one attached hydrogen (secondary N) is 1. The van der Waals surface area contributed by atoms with Gasteiger partial charge in [0.15, 0.2) is 0 Å². The SMILES string of the molecule is C.CC.N#Cc1ccc2nc[nH]c2c1. The summed E-state index contributed by atoms with van der Waals surface area (Å²) in [5, 5.41) is 8.55. The summed E-state index contributed by atoms with van der Waals surface area (Å²) in [6.45, 7) is 4.00. The summed E-state index contributed by atoms with van der Waals surface area (Å²) < 4.78 is 0. The molecule has 0 fully saturated rings. The average molecular weight is 189 g/mol. The van der Waals surface area contributed by atoms with Crippen molar-refractivity contribution in [2.24, 2.45) is 0 Å². The van der Waals surface area contributed by atoms with Crippen LogP contribution in [0.4, 0.5) is 0 Å². The Morgan fingerprint density at radius 1 is 1.36 bits per heavy atom. The molecule has 1 N–H and O–H groups in total. The number of nitriles is 1. The van der Waals surface area contributed by atoms with Gasteiger partial charge in [0.05, 0.1) is 29.0 Å². The minimum Gasteiger partial charge on any atom is -0.345 e. The van der Waals surface area contributed by atoms with Crippen LogP contribution in [-0.2, 0) is 0 Å². The van der Waals surface area contributed by atoms with Crippen molar-refractivity contribution in [3.8, 4) is 6.07 Å². The molecule has 0 unspecified atom stereocenters. The van der Waals surface area contributed by atoms with Crippen LogP contribution in [0.5, 0.6) is 0 Å². The fourth-order valence-corrected chi connectivity index (χ4v) is 1.01. The molecule has 0 aliphatic carbocycles. The number of hydrogen-bond donors (Lipinski definition) is 1. The number of imidazole rings is 1. The fraction of sp³-hybridized carbons (Fsp3) is 0.273. The predicted molar refractivity (Wildman–Crippen MR) is 58.9 cm³/mol. The second kappa shape index (κ2) is 5.76. The van der Waals surface area contributed by atoms with Gasteiger partial charge in [-0.15, -0.1) is 0 Å². The van der Waals surface area contributed by atoms with E-state index < -0.39 is 0 Å². The third-order valence-electron chi connectivity index (χ3n) is 1.55. The smallest absolute Gasteiger partial charge is 0.0992 e. The van der Waals surface area contributed by atoms with Crippen LogP contribution in [-0.4, -0.2) is 9.97 Å². The number of aromatic amines is 1. The van der Waals surface area contributed by atoms with Crippen LogP contribution in [0, 0.1) is 11.3 Å². The van der Waals surface area contributed by atoms with Crippen LogP contribution in [0.1, 0.15) is 26.8 Å². The molecule has 0 amide bonds. The van der Waals surface area contributed by atoms with Crippen LogP contribution < -0.4 is 0 Å². The molecule has 1 heterocycles. The molecule has 0 bridgehead atoms. The molecular formula is C11H15N3. The molecule has 0 radical (unpaired) electrons. The van der Waals surface area contributed by atoms with Crippen molar-refractivity contribution in [2.75, 3.05) is 0 Å². The molecule has 0 saturated carbocycles. The molecule has 0 saturated heterocycles. The zero-order valence-electron chi connectivity index (χ0n) is 7.70. The number of benzene rings is 1. The van der Waals surface area contributed by atoms with E-state index in [1.807, 2.05) is 19.9 Å². The lowest BCUT2D eigenvalue weighted by Gasteiger charge is -1.87. The maximum Gasteiger partial charge on any atom is 0.0992 e. The highest BCUT2D eigenvalue weighted by molar-refractivity contribution is 5.75. The summed E-state index contributed by atoms with van der Waals surface area (Å²) in [5.74, 6) is 0. The Labute approximate surface area is 84.4 Å². The molecule has 1 aromatic carbocycles. The summed E-state index contributed by atoms with van der Waals surface area (Å²) in [7, 11) is 0. The normalized spacial score (nSPS) is 8.07. The summed E-state index contributed by atoms with van der Waals surface area (Å²) in [5.41, 5.74) is 2.45. The Hall–Kier alpha value is -1.82. The Kier molecular flexibility index (Phi) is 5.01. The second-order valence-corrected chi connectivity index (χ2v) is 2.25. The molecule has 3 heteroatoms. The first-order valence-electron chi connectivity index (χ1n) is 4.23. The third kappa shape index (κ3) is 2.33. The van der Waals surface area contributed by atoms with Gasteiger partial charge in [0.25, 0.3) is 0 Å². The van der Waals surface area contributed by atoms with Crippen molar-refractivity contribution in [3.63, 3.8) is 0 Å². The molecule has 2 rings (SSSR count). The van der Waals surface area contributed by atoms with E-state index in [0.29, 0.717) is 5.56 Å². The molecule has 0 atom stereocenters. The molecule has 74 valence electrons. The van der Waals surface area contributed by atoms with Crippen LogP contribution in [0.25, 0.3) is 11.0 Å². The molecule has 14 heavy (non-hydrogen) atoms. The molecule has 2 aromatic rings. The van der Waals surface area contributed by atoms with E-state index in [-0.39, 0.29) is 7.43 Å². The maximum absolute atomic E-state index is 8.55. The van der Waals surface area contributed by atoms with Crippen molar-refractivity contribution in [2.45, 2.75) is 21.3 Å². The minimum absolute atomic E-state index is 0. The number of nitrogens with zero attached hydrogens (tertiary/aromatic N) is 2. The van der Waals surface area contributed by atoms with Gasteiger partial charge in [-0.1, -0.05) is 21.3 Å². The summed E-state index contributed by atoms with van der Waals surface area (Å²) in [6.07, 6.45) is 1.62. The number of hydrogen-bond acceptors (Lipinski definition) is 2. The van der Waals surface area contributed by atoms with Gasteiger partial charge in [0, 0.05) is 0 Å². The first-order chi connectivity index (χ1) is 6.40. The molecule has 0 spiro atoms. The van der Waals surface area contributed by atoms with Gasteiger partial charge in [0.1, 0.15) is 0 Å². The predicted octanol–water partition coefficient (Wildman–Crippen LogP) is 3.10. The van der Waals surface area contributed by atoms with E-state index in [2.05, 4.69) is 16.0 Å². The number of fused-ring (bicyclic) bond motifs is 1. The number of rotatable bonds is 0. The van der Waals surface area contributed by atoms with E-state index in [1.54, 1.807) is 18.5 Å². The molecule has 3 nitrogen and oxygen atoms in total. The number of H-pyrrole nitrogens is 1. The van der Waals surface area contributed by atoms with E-state index in [9.17, 15) is 0 Å². The van der Waals surface area contributed by atoms with Crippen molar-refractivity contribution >= 4 is 11.0 Å². The monoisotopic (exact) mass is 189 g/mol. The zero-order valence-corrected chi connectivity index (χ0v) is 7.70. The first-order valence-corrected chi connectivity index (χ1v) is 4.23. The van der Waals surface area contributed by atoms with Gasteiger partial charge in [-0.25, -0.2) is 4.98 Å². The van der Waals surface area contributed by atoms with Crippen molar-refractivity contribution < 1.29 is 0 Å². The number of aromatic nitrogens is 2. The molecule has 0 aliphatic rings. The van der Waals surface area contributed by atoms with Gasteiger partial charge in [-0.2, -0.15) is 5.26 Å². The van der Waals surface area contributed by atoms with Gasteiger partial charge >= 0.3 is 0 Å². The lowest BCUT2D eigenvalue weighted by atomic mass is 10.2. The van der Waals surface area contributed by atoms with E-state index in [1.165, 1.54) is 0 Å². The van der Waals surface area contributed by atoms with Crippen molar-refractivity contribution in [1.82, 2.24) is 9.97 Å². The standard InChI is InChI=1S/C8H5N3.C2H6.CH4/c9-4-6-1-2-7-8(3-6)11-5-10-7;1-2;/h1-3,5H,(H,10,11);1-2H3;1H4. The minimum atomic E-state index is 0. The summed E-state index contributed by atoms with van der Waals surface area (Å²) in [6, 6.07) is 7.42. The Bertz CT molecular complexity index is 423. The fourth-order valence-electron chi connectivity index (χ4n) is 1.01. The van der Waals surface area contributed by atoms with Gasteiger partial charge in [0.2, 0.25) is 0 Å². The van der Waals surface area contributed by atoms with Crippen LogP contribution in [0.15, 0.2) is 24.5 Å². The topological polar surface area (TPSA) is 52.5 Å². The highest BCUT2D eigenvalue weighted by atomic mass is 14.9. The van der Waals surface area contributed by atoms with Gasteiger partial charge in [-0.05, 0) is 18.2 Å². The van der Waals surface area contributed by atoms with Crippen molar-refractivity contribution in [3.05, 3.63) is 30.1 Å². The second-order valence-electron chi connectivity index (χ2n) is 2.25. The largest absolute Gasteiger partial charge is 0.345 e. The van der Waals surface area contributed by atoms with Crippen LogP contribution >= 0.6 is 0 Å². The Balaban J connectivity index is 0.000000531. The summed E-state index contributed by atoms with van der Waals surface area (Å²) in [4.78, 5) is 6.96. The van der Waals surface area contributed by atoms with Crippen molar-refractivity contribution in [1.29, 1.82) is 5.26 Å². The summed E-state index contributed by atoms with van der Waals surface area (Å²) >= 11 is 0. The zero-order chi connectivity index (χ0) is 9.68. The van der Waals surface area contributed by atoms with E-state index in [4.69, 9.17) is 5.26 Å². The highest BCUT2D eigenvalue weighted by Gasteiger charge is 1.95. The molecule has 0 aliphatic heterocycles. The van der Waals surface area contributed by atoms with Gasteiger partial charge in [-0.3, -0.25) is 0 Å². The highest BCUT2D eigenvalue weighted by Crippen LogP contribution is 2.09.